The number of pyridine rings is 1. The van der Waals surface area contributed by atoms with Gasteiger partial charge in [-0.15, -0.1) is 0 Å². The summed E-state index contributed by atoms with van der Waals surface area (Å²) in [5.41, 5.74) is 13.8. The van der Waals surface area contributed by atoms with Crippen molar-refractivity contribution in [2.45, 2.75) is 46.6 Å². The van der Waals surface area contributed by atoms with E-state index in [2.05, 4.69) is 64.4 Å². The number of rotatable bonds is 8. The molecule has 0 atom stereocenters. The van der Waals surface area contributed by atoms with Gasteiger partial charge in [0.05, 0.1) is 24.6 Å². The minimum atomic E-state index is 0.533. The van der Waals surface area contributed by atoms with Gasteiger partial charge in [0.15, 0.2) is 0 Å². The highest BCUT2D eigenvalue weighted by Gasteiger charge is 2.15. The van der Waals surface area contributed by atoms with E-state index in [1.807, 2.05) is 13.0 Å². The molecule has 0 saturated carbocycles. The molecule has 170 valence electrons. The van der Waals surface area contributed by atoms with Crippen LogP contribution >= 0.6 is 0 Å². The van der Waals surface area contributed by atoms with Crippen molar-refractivity contribution in [1.29, 1.82) is 0 Å². The predicted octanol–water partition coefficient (Wildman–Crippen LogP) is 5.46. The molecule has 0 radical (unpaired) electrons. The van der Waals surface area contributed by atoms with Gasteiger partial charge in [-0.1, -0.05) is 32.4 Å². The molecule has 6 heteroatoms. The summed E-state index contributed by atoms with van der Waals surface area (Å²) in [6.45, 7) is 11.0. The van der Waals surface area contributed by atoms with Gasteiger partial charge in [0.2, 0.25) is 0 Å². The lowest BCUT2D eigenvalue weighted by molar-refractivity contribution is 0.0342. The third-order valence-electron chi connectivity index (χ3n) is 6.05. The van der Waals surface area contributed by atoms with Crippen molar-refractivity contribution < 1.29 is 4.74 Å². The summed E-state index contributed by atoms with van der Waals surface area (Å²) in [6, 6.07) is 10.9. The van der Waals surface area contributed by atoms with Crippen molar-refractivity contribution in [3.05, 3.63) is 53.4 Å². The second kappa shape index (κ2) is 10.2. The van der Waals surface area contributed by atoms with E-state index in [9.17, 15) is 0 Å². The van der Waals surface area contributed by atoms with Crippen LogP contribution in [0.15, 0.2) is 42.1 Å². The molecule has 0 aliphatic carbocycles. The molecule has 32 heavy (non-hydrogen) atoms. The molecule has 3 aromatic rings. The number of anilines is 2. The number of benzene rings is 1. The van der Waals surface area contributed by atoms with Crippen LogP contribution in [0.3, 0.4) is 0 Å². The normalized spacial score (nSPS) is 15.4. The number of aromatic nitrogens is 2. The van der Waals surface area contributed by atoms with Gasteiger partial charge in [0.25, 0.3) is 0 Å². The highest BCUT2D eigenvalue weighted by Crippen LogP contribution is 2.34. The Balaban J connectivity index is 1.66. The molecule has 4 rings (SSSR count). The highest BCUT2D eigenvalue weighted by atomic mass is 16.5. The monoisotopic (exact) mass is 433 g/mol. The molecule has 6 nitrogen and oxygen atoms in total. The molecule has 0 bridgehead atoms. The Kier molecular flexibility index (Phi) is 7.12. The van der Waals surface area contributed by atoms with Crippen molar-refractivity contribution in [2.24, 2.45) is 0 Å². The first-order valence-electron chi connectivity index (χ1n) is 11.7. The average molecular weight is 434 g/mol. The molecule has 0 spiro atoms. The Morgan fingerprint density at radius 1 is 1.22 bits per heavy atom. The second-order valence-electron chi connectivity index (χ2n) is 8.54. The lowest BCUT2D eigenvalue weighted by Gasteiger charge is -2.26. The Hall–Kier alpha value is -2.83. The number of fused-ring (bicyclic) bond motifs is 1. The number of nitrogens with one attached hydrogen (secondary N) is 2. The van der Waals surface area contributed by atoms with Crippen LogP contribution in [0.5, 0.6) is 0 Å². The minimum Gasteiger partial charge on any atom is -0.384 e. The smallest absolute Gasteiger partial charge is 0.124 e. The van der Waals surface area contributed by atoms with E-state index in [4.69, 9.17) is 10.5 Å². The first-order valence-corrected chi connectivity index (χ1v) is 11.7. The van der Waals surface area contributed by atoms with Crippen LogP contribution in [-0.4, -0.2) is 41.2 Å². The number of nitrogen functional groups attached to an aromatic ring is 1. The number of H-pyrrole nitrogens is 1. The summed E-state index contributed by atoms with van der Waals surface area (Å²) in [5, 5.41) is 4.85. The molecule has 0 amide bonds. The number of allylic oxidation sites excluding steroid dienone is 2. The first-order chi connectivity index (χ1) is 15.6. The number of nitrogens with zero attached hydrogens (tertiary/aromatic N) is 2. The Labute approximate surface area is 190 Å². The number of hydrogen-bond acceptors (Lipinski definition) is 5. The summed E-state index contributed by atoms with van der Waals surface area (Å²) in [5.74, 6) is 0.533. The highest BCUT2D eigenvalue weighted by molar-refractivity contribution is 5.90. The lowest BCUT2D eigenvalue weighted by Crippen LogP contribution is -2.35. The zero-order chi connectivity index (χ0) is 22.5. The maximum atomic E-state index is 6.15. The average Bonchev–Trinajstić information content (AvgIpc) is 3.21. The van der Waals surface area contributed by atoms with Gasteiger partial charge >= 0.3 is 0 Å². The van der Waals surface area contributed by atoms with Crippen LogP contribution in [0.25, 0.3) is 22.2 Å². The summed E-state index contributed by atoms with van der Waals surface area (Å²) in [6.07, 6.45) is 5.42. The molecule has 3 heterocycles. The largest absolute Gasteiger partial charge is 0.384 e. The molecular weight excluding hydrogens is 398 g/mol. The van der Waals surface area contributed by atoms with Gasteiger partial charge < -0.3 is 20.8 Å². The van der Waals surface area contributed by atoms with E-state index in [0.29, 0.717) is 5.82 Å². The molecular formula is C26H35N5O. The van der Waals surface area contributed by atoms with Crippen molar-refractivity contribution in [2.75, 3.05) is 37.4 Å². The molecule has 2 aromatic heterocycles. The number of aromatic amines is 1. The van der Waals surface area contributed by atoms with E-state index in [1.54, 1.807) is 0 Å². The third kappa shape index (κ3) is 5.14. The molecule has 1 fully saturated rings. The molecule has 1 saturated heterocycles. The van der Waals surface area contributed by atoms with Crippen LogP contribution in [0.1, 0.15) is 44.4 Å². The molecule has 0 unspecified atom stereocenters. The van der Waals surface area contributed by atoms with E-state index in [0.717, 1.165) is 80.3 Å². The van der Waals surface area contributed by atoms with Crippen molar-refractivity contribution in [3.63, 3.8) is 0 Å². The van der Waals surface area contributed by atoms with Gasteiger partial charge in [-0.25, -0.2) is 4.98 Å². The van der Waals surface area contributed by atoms with Gasteiger partial charge in [0.1, 0.15) is 5.82 Å². The summed E-state index contributed by atoms with van der Waals surface area (Å²) >= 11 is 0. The van der Waals surface area contributed by atoms with E-state index < -0.39 is 0 Å². The molecule has 4 N–H and O–H groups in total. The third-order valence-corrected chi connectivity index (χ3v) is 6.05. The fourth-order valence-electron chi connectivity index (χ4n) is 4.27. The summed E-state index contributed by atoms with van der Waals surface area (Å²) in [7, 11) is 0. The van der Waals surface area contributed by atoms with Crippen LogP contribution in [0.2, 0.25) is 0 Å². The van der Waals surface area contributed by atoms with E-state index in [-0.39, 0.29) is 0 Å². The fourth-order valence-corrected chi connectivity index (χ4v) is 4.27. The molecule has 1 aliphatic heterocycles. The van der Waals surface area contributed by atoms with Crippen molar-refractivity contribution in [1.82, 2.24) is 14.9 Å². The van der Waals surface area contributed by atoms with Crippen LogP contribution in [0.4, 0.5) is 11.5 Å². The molecule has 1 aliphatic rings. The zero-order valence-corrected chi connectivity index (χ0v) is 19.5. The number of hydrogen-bond donors (Lipinski definition) is 3. The van der Waals surface area contributed by atoms with Gasteiger partial charge in [0, 0.05) is 47.5 Å². The number of morpholine rings is 1. The topological polar surface area (TPSA) is 79.2 Å². The lowest BCUT2D eigenvalue weighted by atomic mass is 10.1. The Bertz CT molecular complexity index is 1100. The zero-order valence-electron chi connectivity index (χ0n) is 19.5. The first kappa shape index (κ1) is 22.4. The number of ether oxygens (including phenoxy) is 1. The summed E-state index contributed by atoms with van der Waals surface area (Å²) < 4.78 is 5.48. The Morgan fingerprint density at radius 2 is 2.03 bits per heavy atom. The quantitative estimate of drug-likeness (QED) is 0.440. The number of aryl methyl sites for hydroxylation is 1. The van der Waals surface area contributed by atoms with Gasteiger partial charge in [-0.2, -0.15) is 0 Å². The number of nitrogens with two attached hydrogens (primary N) is 1. The second-order valence-corrected chi connectivity index (χ2v) is 8.54. The van der Waals surface area contributed by atoms with Crippen LogP contribution < -0.4 is 11.1 Å². The van der Waals surface area contributed by atoms with E-state index in [1.165, 1.54) is 16.6 Å². The summed E-state index contributed by atoms with van der Waals surface area (Å²) in [4.78, 5) is 10.6. The van der Waals surface area contributed by atoms with Gasteiger partial charge in [-0.3, -0.25) is 4.90 Å². The van der Waals surface area contributed by atoms with Crippen molar-refractivity contribution in [3.8, 4) is 11.3 Å². The minimum absolute atomic E-state index is 0.533. The number of unbranched alkanes of at least 4 members (excludes halogenated alkanes) is 1. The van der Waals surface area contributed by atoms with Crippen molar-refractivity contribution >= 4 is 22.4 Å². The van der Waals surface area contributed by atoms with Gasteiger partial charge in [-0.05, 0) is 49.6 Å². The predicted molar refractivity (Wildman–Crippen MR) is 134 cm³/mol. The SMILES string of the molecule is CCC/C=C(/CC)Nc1c(-c2cc3cc(CN4CCOCC4)ccc3[nH]2)cc(N)nc1C. The van der Waals surface area contributed by atoms with Crippen LogP contribution in [0, 0.1) is 6.92 Å². The fraction of sp³-hybridized carbons (Fsp3) is 0.423. The van der Waals surface area contributed by atoms with E-state index >= 15 is 0 Å². The maximum Gasteiger partial charge on any atom is 0.124 e. The standard InChI is InChI=1S/C26H35N5O/c1-4-6-7-21(5-2)29-26-18(3)28-25(27)16-22(26)24-15-20-14-19(8-9-23(20)30-24)17-31-10-12-32-13-11-31/h7-9,14-16,29-30H,4-6,10-13,17H2,1-3H3,(H2,27,28)/b21-7-. The maximum absolute atomic E-state index is 6.15. The molecule has 1 aromatic carbocycles. The van der Waals surface area contributed by atoms with Crippen LogP contribution in [-0.2, 0) is 11.3 Å². The Morgan fingerprint density at radius 3 is 2.78 bits per heavy atom.